The van der Waals surface area contributed by atoms with Crippen molar-refractivity contribution in [1.82, 2.24) is 0 Å². The van der Waals surface area contributed by atoms with E-state index in [2.05, 4.69) is 0 Å². The van der Waals surface area contributed by atoms with E-state index in [0.29, 0.717) is 0 Å². The number of phenolic OH excluding ortho intramolecular Hbond substituents is 2. The zero-order valence-corrected chi connectivity index (χ0v) is 34.0. The van der Waals surface area contributed by atoms with Gasteiger partial charge in [-0.15, -0.1) is 0 Å². The average molecular weight is 697 g/mol. The van der Waals surface area contributed by atoms with Gasteiger partial charge in [-0.3, -0.25) is 9.13 Å². The number of phenols is 2. The molecule has 0 aromatic heterocycles. The molecule has 2 rings (SSSR count). The standard InChI is InChI=1S/2C17H29O4P.Ca/c2*1-11(22(19,20)21)8-12-9-13(16(2,3)4)15(18)14(10-12)17(5,6)7;/h2*9-11,18H,8H2,1-7H3,(H2,19,20,21);. The van der Waals surface area contributed by atoms with Crippen molar-refractivity contribution in [2.24, 2.45) is 0 Å². The maximum absolute atomic E-state index is 11.4. The predicted octanol–water partition coefficient (Wildman–Crippen LogP) is 7.81. The van der Waals surface area contributed by atoms with Gasteiger partial charge in [0.15, 0.2) is 0 Å². The summed E-state index contributed by atoms with van der Waals surface area (Å²) >= 11 is 0. The number of hydrogen-bond acceptors (Lipinski definition) is 4. The average Bonchev–Trinajstić information content (AvgIpc) is 2.77. The fourth-order valence-electron chi connectivity index (χ4n) is 4.83. The summed E-state index contributed by atoms with van der Waals surface area (Å²) in [5.74, 6) is 0.570. The van der Waals surface area contributed by atoms with Crippen molar-refractivity contribution in [3.8, 4) is 11.5 Å². The zero-order chi connectivity index (χ0) is 35.0. The third-order valence-electron chi connectivity index (χ3n) is 7.78. The second-order valence-corrected chi connectivity index (χ2v) is 20.5. The van der Waals surface area contributed by atoms with Crippen LogP contribution in [0.3, 0.4) is 0 Å². The van der Waals surface area contributed by atoms with Crippen LogP contribution in [0.15, 0.2) is 24.3 Å². The van der Waals surface area contributed by atoms with Crippen molar-refractivity contribution in [2.75, 3.05) is 0 Å². The summed E-state index contributed by atoms with van der Waals surface area (Å²) in [6, 6.07) is 7.49. The molecule has 2 atom stereocenters. The maximum Gasteiger partial charge on any atom is 0.328 e. The van der Waals surface area contributed by atoms with E-state index in [4.69, 9.17) is 0 Å². The number of hydrogen-bond donors (Lipinski definition) is 6. The van der Waals surface area contributed by atoms with E-state index in [0.717, 1.165) is 33.4 Å². The van der Waals surface area contributed by atoms with Crippen molar-refractivity contribution < 1.29 is 38.9 Å². The van der Waals surface area contributed by atoms with Gasteiger partial charge < -0.3 is 29.8 Å². The van der Waals surface area contributed by atoms with Crippen LogP contribution in [0.25, 0.3) is 0 Å². The Kier molecular flexibility index (Phi) is 15.3. The van der Waals surface area contributed by atoms with Gasteiger partial charge in [0.05, 0.1) is 11.3 Å². The van der Waals surface area contributed by atoms with Crippen LogP contribution in [0.5, 0.6) is 11.5 Å². The van der Waals surface area contributed by atoms with Gasteiger partial charge in [-0.1, -0.05) is 121 Å². The van der Waals surface area contributed by atoms with Crippen molar-refractivity contribution in [2.45, 2.75) is 143 Å². The van der Waals surface area contributed by atoms with Gasteiger partial charge in [-0.2, -0.15) is 0 Å². The minimum atomic E-state index is -4.11. The van der Waals surface area contributed by atoms with Crippen LogP contribution in [-0.2, 0) is 43.6 Å². The molecule has 45 heavy (non-hydrogen) atoms. The normalized spacial score (nSPS) is 14.6. The number of rotatable bonds is 6. The molecule has 0 fully saturated rings. The third kappa shape index (κ3) is 13.2. The maximum atomic E-state index is 11.4. The van der Waals surface area contributed by atoms with Crippen molar-refractivity contribution in [3.05, 3.63) is 57.6 Å². The van der Waals surface area contributed by atoms with E-state index < -0.39 is 26.5 Å². The van der Waals surface area contributed by atoms with Crippen LogP contribution in [0.2, 0.25) is 0 Å². The molecule has 0 saturated heterocycles. The fourth-order valence-corrected chi connectivity index (χ4v) is 5.73. The third-order valence-corrected chi connectivity index (χ3v) is 10.4. The molecule has 254 valence electrons. The molecule has 0 heterocycles. The van der Waals surface area contributed by atoms with Gasteiger partial charge in [0, 0.05) is 37.7 Å². The Balaban J connectivity index is 0.000000842. The Labute approximate surface area is 301 Å². The summed E-state index contributed by atoms with van der Waals surface area (Å²) in [4.78, 5) is 37.3. The number of benzene rings is 2. The molecule has 2 radical (unpaired) electrons. The molecular weight excluding hydrogens is 638 g/mol. The molecule has 0 bridgehead atoms. The zero-order valence-electron chi connectivity index (χ0n) is 30.0. The van der Waals surface area contributed by atoms with Gasteiger partial charge in [0.25, 0.3) is 0 Å². The van der Waals surface area contributed by atoms with Crippen LogP contribution < -0.4 is 0 Å². The first kappa shape index (κ1) is 44.6. The smallest absolute Gasteiger partial charge is 0.328 e. The van der Waals surface area contributed by atoms with E-state index in [1.807, 2.05) is 107 Å². The Morgan fingerprint density at radius 3 is 0.822 bits per heavy atom. The van der Waals surface area contributed by atoms with Crippen LogP contribution in [0.1, 0.15) is 130 Å². The Morgan fingerprint density at radius 1 is 0.511 bits per heavy atom. The Morgan fingerprint density at radius 2 is 0.689 bits per heavy atom. The van der Waals surface area contributed by atoms with E-state index in [-0.39, 0.29) is 83.7 Å². The SMILES string of the molecule is CC(Cc1cc(C(C)(C)C)c(O)c(C(C)(C)C)c1)P(=O)(O)O.CC(Cc1cc(C(C)(C)C)c(O)c(C(C)(C)C)c1)P(=O)(O)O.[Ca]. The van der Waals surface area contributed by atoms with Gasteiger partial charge in [-0.25, -0.2) is 0 Å². The molecule has 2 aromatic rings. The van der Waals surface area contributed by atoms with Crippen LogP contribution in [0, 0.1) is 0 Å². The molecule has 0 aliphatic rings. The largest absolute Gasteiger partial charge is 0.507 e. The molecular formula is C34H58CaO8P2. The van der Waals surface area contributed by atoms with Crippen molar-refractivity contribution >= 4 is 52.9 Å². The molecule has 11 heteroatoms. The molecule has 0 aliphatic carbocycles. The second kappa shape index (κ2) is 15.4. The fraction of sp³-hybridized carbons (Fsp3) is 0.647. The molecule has 2 aromatic carbocycles. The van der Waals surface area contributed by atoms with E-state index >= 15 is 0 Å². The van der Waals surface area contributed by atoms with E-state index in [9.17, 15) is 38.9 Å². The van der Waals surface area contributed by atoms with E-state index in [1.165, 1.54) is 0 Å². The number of aromatic hydroxyl groups is 2. The molecule has 8 nitrogen and oxygen atoms in total. The first-order valence-corrected chi connectivity index (χ1v) is 18.5. The predicted molar refractivity (Wildman–Crippen MR) is 187 cm³/mol. The molecule has 0 aliphatic heterocycles. The minimum Gasteiger partial charge on any atom is -0.507 e. The van der Waals surface area contributed by atoms with Gasteiger partial charge in [0.2, 0.25) is 0 Å². The molecule has 0 spiro atoms. The quantitative estimate of drug-likeness (QED) is 0.132. The Bertz CT molecular complexity index is 1220. The van der Waals surface area contributed by atoms with Crippen LogP contribution >= 0.6 is 15.2 Å². The Hall–Kier alpha value is -0.400. The van der Waals surface area contributed by atoms with Gasteiger partial charge in [0.1, 0.15) is 11.5 Å². The summed E-state index contributed by atoms with van der Waals surface area (Å²) in [6.45, 7) is 27.3. The van der Waals surface area contributed by atoms with Gasteiger partial charge in [-0.05, 0) is 67.9 Å². The first-order valence-electron chi connectivity index (χ1n) is 15.1. The van der Waals surface area contributed by atoms with Crippen molar-refractivity contribution in [3.63, 3.8) is 0 Å². The van der Waals surface area contributed by atoms with Gasteiger partial charge >= 0.3 is 15.2 Å². The minimum absolute atomic E-state index is 0. The first-order chi connectivity index (χ1) is 19.3. The van der Waals surface area contributed by atoms with Crippen LogP contribution in [-0.4, -0.2) is 78.8 Å². The monoisotopic (exact) mass is 696 g/mol. The molecule has 0 saturated carbocycles. The molecule has 2 unspecified atom stereocenters. The molecule has 6 N–H and O–H groups in total. The summed E-state index contributed by atoms with van der Waals surface area (Å²) in [6.07, 6.45) is 0.577. The topological polar surface area (TPSA) is 156 Å². The molecule has 0 amide bonds. The van der Waals surface area contributed by atoms with Crippen molar-refractivity contribution in [1.29, 1.82) is 0 Å². The summed E-state index contributed by atoms with van der Waals surface area (Å²) in [5, 5.41) is 21.2. The summed E-state index contributed by atoms with van der Waals surface area (Å²) in [5.41, 5.74) is 2.50. The second-order valence-electron chi connectivity index (χ2n) is 16.4. The summed E-state index contributed by atoms with van der Waals surface area (Å²) < 4.78 is 22.8. The van der Waals surface area contributed by atoms with Crippen LogP contribution in [0.4, 0.5) is 0 Å². The summed E-state index contributed by atoms with van der Waals surface area (Å²) in [7, 11) is -8.22. The van der Waals surface area contributed by atoms with E-state index in [1.54, 1.807) is 13.8 Å².